The van der Waals surface area contributed by atoms with Gasteiger partial charge in [0.15, 0.2) is 0 Å². The zero-order valence-corrected chi connectivity index (χ0v) is 10.8. The molecular weight excluding hydrogens is 257 g/mol. The predicted octanol–water partition coefficient (Wildman–Crippen LogP) is 1.81. The number of halogens is 1. The van der Waals surface area contributed by atoms with Gasteiger partial charge in [-0.3, -0.25) is 9.00 Å². The van der Waals surface area contributed by atoms with Gasteiger partial charge in [-0.25, -0.2) is 4.39 Å². The lowest BCUT2D eigenvalue weighted by molar-refractivity contribution is -0.139. The van der Waals surface area contributed by atoms with Crippen LogP contribution in [0.5, 0.6) is 0 Å². The average Bonchev–Trinajstić information content (AvgIpc) is 2.31. The van der Waals surface area contributed by atoms with Crippen LogP contribution in [0.1, 0.15) is 25.0 Å². The zero-order valence-electron chi connectivity index (χ0n) is 9.94. The molecular formula is C12H12FNO3S. The average molecular weight is 269 g/mol. The number of carboxylic acid groups (broad SMARTS) is 1. The van der Waals surface area contributed by atoms with Crippen molar-refractivity contribution < 1.29 is 18.5 Å². The highest BCUT2D eigenvalue weighted by atomic mass is 32.2. The maximum absolute atomic E-state index is 13.7. The van der Waals surface area contributed by atoms with Crippen molar-refractivity contribution in [3.05, 3.63) is 35.1 Å². The van der Waals surface area contributed by atoms with Gasteiger partial charge < -0.3 is 5.11 Å². The van der Waals surface area contributed by atoms with Crippen molar-refractivity contribution >= 4 is 16.8 Å². The topological polar surface area (TPSA) is 78.2 Å². The third-order valence-electron chi connectivity index (χ3n) is 2.57. The molecule has 1 atom stereocenters. The lowest BCUT2D eigenvalue weighted by Gasteiger charge is -2.18. The molecule has 18 heavy (non-hydrogen) atoms. The van der Waals surface area contributed by atoms with E-state index in [0.29, 0.717) is 0 Å². The largest absolute Gasteiger partial charge is 0.480 e. The van der Waals surface area contributed by atoms with Crippen LogP contribution in [0.4, 0.5) is 4.39 Å². The van der Waals surface area contributed by atoms with E-state index in [1.807, 2.05) is 0 Å². The highest BCUT2D eigenvalue weighted by molar-refractivity contribution is 7.86. The number of carbonyl (C=O) groups is 1. The fraction of sp³-hybridized carbons (Fsp3) is 0.333. The summed E-state index contributed by atoms with van der Waals surface area (Å²) in [5, 5.41) is 17.6. The van der Waals surface area contributed by atoms with Gasteiger partial charge in [0.2, 0.25) is 0 Å². The van der Waals surface area contributed by atoms with Crippen molar-refractivity contribution in [2.75, 3.05) is 0 Å². The van der Waals surface area contributed by atoms with E-state index >= 15 is 0 Å². The van der Waals surface area contributed by atoms with Crippen LogP contribution in [-0.2, 0) is 21.3 Å². The van der Waals surface area contributed by atoms with E-state index in [1.165, 1.54) is 32.0 Å². The van der Waals surface area contributed by atoms with Gasteiger partial charge in [-0.05, 0) is 19.9 Å². The van der Waals surface area contributed by atoms with Gasteiger partial charge in [-0.2, -0.15) is 5.26 Å². The lowest BCUT2D eigenvalue weighted by atomic mass is 10.1. The summed E-state index contributed by atoms with van der Waals surface area (Å²) in [7, 11) is -1.78. The molecule has 0 radical (unpaired) electrons. The number of nitriles is 1. The first-order valence-electron chi connectivity index (χ1n) is 5.10. The molecule has 4 nitrogen and oxygen atoms in total. The summed E-state index contributed by atoms with van der Waals surface area (Å²) in [5.41, 5.74) is -0.0562. The molecule has 6 heteroatoms. The molecule has 0 bridgehead atoms. The van der Waals surface area contributed by atoms with E-state index in [-0.39, 0.29) is 16.9 Å². The van der Waals surface area contributed by atoms with Crippen LogP contribution in [0, 0.1) is 17.1 Å². The number of hydrogen-bond acceptors (Lipinski definition) is 3. The van der Waals surface area contributed by atoms with Gasteiger partial charge in [0.05, 0.1) is 11.3 Å². The Morgan fingerprint density at radius 1 is 1.56 bits per heavy atom. The van der Waals surface area contributed by atoms with Crippen molar-refractivity contribution in [2.45, 2.75) is 24.3 Å². The first kappa shape index (κ1) is 14.3. The summed E-state index contributed by atoms with van der Waals surface area (Å²) in [6.07, 6.45) is 0. The standard InChI is InChI=1S/C12H12FNO3S/c1-12(2,11(15)16)18(17)7-9-5-3-4-8(6-14)10(9)13/h3-5H,7H2,1-2H3,(H,15,16). The van der Waals surface area contributed by atoms with Gasteiger partial charge in [-0.1, -0.05) is 12.1 Å². The first-order chi connectivity index (χ1) is 8.30. The molecule has 1 aromatic carbocycles. The lowest BCUT2D eigenvalue weighted by Crippen LogP contribution is -2.37. The Bertz CT molecular complexity index is 549. The summed E-state index contributed by atoms with van der Waals surface area (Å²) < 4.78 is 24.2. The molecule has 96 valence electrons. The number of rotatable bonds is 4. The smallest absolute Gasteiger partial charge is 0.321 e. The second-order valence-electron chi connectivity index (χ2n) is 4.20. The van der Waals surface area contributed by atoms with E-state index < -0.39 is 27.3 Å². The highest BCUT2D eigenvalue weighted by Crippen LogP contribution is 2.20. The molecule has 0 fully saturated rings. The predicted molar refractivity (Wildman–Crippen MR) is 64.7 cm³/mol. The summed E-state index contributed by atoms with van der Waals surface area (Å²) in [5.74, 6) is -2.19. The van der Waals surface area contributed by atoms with E-state index in [0.717, 1.165) is 0 Å². The molecule has 0 saturated carbocycles. The molecule has 1 rings (SSSR count). The van der Waals surface area contributed by atoms with Crippen LogP contribution < -0.4 is 0 Å². The molecule has 1 unspecified atom stereocenters. The molecule has 1 N–H and O–H groups in total. The number of hydrogen-bond donors (Lipinski definition) is 1. The van der Waals surface area contributed by atoms with Crippen molar-refractivity contribution in [1.29, 1.82) is 5.26 Å². The molecule has 0 aliphatic carbocycles. The van der Waals surface area contributed by atoms with Crippen LogP contribution >= 0.6 is 0 Å². The minimum atomic E-state index is -1.78. The molecule has 0 spiro atoms. The molecule has 0 aromatic heterocycles. The number of nitrogens with zero attached hydrogens (tertiary/aromatic N) is 1. The van der Waals surface area contributed by atoms with Crippen LogP contribution in [0.25, 0.3) is 0 Å². The number of carboxylic acids is 1. The van der Waals surface area contributed by atoms with Crippen LogP contribution in [0.2, 0.25) is 0 Å². The Morgan fingerprint density at radius 2 is 2.17 bits per heavy atom. The first-order valence-corrected chi connectivity index (χ1v) is 6.42. The fourth-order valence-corrected chi connectivity index (χ4v) is 2.26. The number of benzene rings is 1. The van der Waals surface area contributed by atoms with E-state index in [1.54, 1.807) is 6.07 Å². The summed E-state index contributed by atoms with van der Waals surface area (Å²) in [6, 6.07) is 5.86. The molecule has 0 amide bonds. The Labute approximate surface area is 107 Å². The van der Waals surface area contributed by atoms with E-state index in [9.17, 15) is 13.4 Å². The minimum absolute atomic E-state index is 0.0849. The zero-order chi connectivity index (χ0) is 13.9. The fourth-order valence-electron chi connectivity index (χ4n) is 1.20. The Kier molecular flexibility index (Phi) is 4.19. The van der Waals surface area contributed by atoms with E-state index in [2.05, 4.69) is 0 Å². The quantitative estimate of drug-likeness (QED) is 0.904. The van der Waals surface area contributed by atoms with Gasteiger partial charge in [0, 0.05) is 16.4 Å². The van der Waals surface area contributed by atoms with Gasteiger partial charge in [0.25, 0.3) is 0 Å². The molecule has 0 aliphatic rings. The summed E-state index contributed by atoms with van der Waals surface area (Å²) in [4.78, 5) is 10.9. The second-order valence-corrected chi connectivity index (χ2v) is 6.20. The third-order valence-corrected chi connectivity index (χ3v) is 4.46. The van der Waals surface area contributed by atoms with Crippen molar-refractivity contribution in [1.82, 2.24) is 0 Å². The molecule has 0 heterocycles. The van der Waals surface area contributed by atoms with E-state index in [4.69, 9.17) is 10.4 Å². The van der Waals surface area contributed by atoms with Crippen molar-refractivity contribution in [3.8, 4) is 6.07 Å². The maximum Gasteiger partial charge on any atom is 0.321 e. The second kappa shape index (κ2) is 5.27. The SMILES string of the molecule is CC(C)(C(=O)O)S(=O)Cc1cccc(C#N)c1F. The summed E-state index contributed by atoms with van der Waals surface area (Å²) in [6.45, 7) is 2.63. The van der Waals surface area contributed by atoms with Crippen LogP contribution in [-0.4, -0.2) is 20.0 Å². The highest BCUT2D eigenvalue weighted by Gasteiger charge is 2.34. The third kappa shape index (κ3) is 2.74. The minimum Gasteiger partial charge on any atom is -0.480 e. The Hall–Kier alpha value is -1.74. The monoisotopic (exact) mass is 269 g/mol. The Morgan fingerprint density at radius 3 is 2.67 bits per heavy atom. The van der Waals surface area contributed by atoms with Crippen molar-refractivity contribution in [3.63, 3.8) is 0 Å². The summed E-state index contributed by atoms with van der Waals surface area (Å²) >= 11 is 0. The van der Waals surface area contributed by atoms with Crippen LogP contribution in [0.3, 0.4) is 0 Å². The molecule has 0 saturated heterocycles. The van der Waals surface area contributed by atoms with Gasteiger partial charge in [0.1, 0.15) is 16.6 Å². The normalized spacial score (nSPS) is 12.8. The number of aliphatic carboxylic acids is 1. The molecule has 0 aliphatic heterocycles. The molecule has 1 aromatic rings. The van der Waals surface area contributed by atoms with Gasteiger partial charge in [-0.15, -0.1) is 0 Å². The Balaban J connectivity index is 3.04. The van der Waals surface area contributed by atoms with Crippen molar-refractivity contribution in [2.24, 2.45) is 0 Å². The van der Waals surface area contributed by atoms with Crippen LogP contribution in [0.15, 0.2) is 18.2 Å². The van der Waals surface area contributed by atoms with Gasteiger partial charge >= 0.3 is 5.97 Å². The maximum atomic E-state index is 13.7.